The Morgan fingerprint density at radius 3 is 2.78 bits per heavy atom. The van der Waals surface area contributed by atoms with E-state index in [1.54, 1.807) is 0 Å². The zero-order valence-electron chi connectivity index (χ0n) is 13.3. The van der Waals surface area contributed by atoms with E-state index in [0.717, 1.165) is 25.1 Å². The fourth-order valence-electron chi connectivity index (χ4n) is 2.57. The van der Waals surface area contributed by atoms with Crippen molar-refractivity contribution in [1.82, 2.24) is 4.98 Å². The van der Waals surface area contributed by atoms with E-state index in [1.165, 1.54) is 16.7 Å². The van der Waals surface area contributed by atoms with Crippen LogP contribution in [0.15, 0.2) is 54.7 Å². The lowest BCUT2D eigenvalue weighted by Crippen LogP contribution is -2.04. The monoisotopic (exact) mass is 308 g/mol. The molecule has 0 aliphatic carbocycles. The Morgan fingerprint density at radius 2 is 2.04 bits per heavy atom. The lowest BCUT2D eigenvalue weighted by atomic mass is 10.0. The van der Waals surface area contributed by atoms with Crippen molar-refractivity contribution in [3.8, 4) is 0 Å². The zero-order valence-corrected chi connectivity index (χ0v) is 13.3. The van der Waals surface area contributed by atoms with Crippen LogP contribution >= 0.6 is 0 Å². The molecule has 0 atom stereocenters. The third kappa shape index (κ3) is 5.02. The summed E-state index contributed by atoms with van der Waals surface area (Å²) in [6, 6.07) is 14.5. The van der Waals surface area contributed by atoms with Gasteiger partial charge in [-0.15, -0.1) is 0 Å². The summed E-state index contributed by atoms with van der Waals surface area (Å²) in [5.41, 5.74) is 4.82. The minimum absolute atomic E-state index is 0.640. The Labute approximate surface area is 138 Å². The van der Waals surface area contributed by atoms with Crippen molar-refractivity contribution in [3.63, 3.8) is 0 Å². The van der Waals surface area contributed by atoms with Crippen molar-refractivity contribution in [2.75, 3.05) is 19.8 Å². The summed E-state index contributed by atoms with van der Waals surface area (Å²) in [5, 5.41) is 0. The molecule has 1 aliphatic heterocycles. The molecule has 1 aliphatic rings. The lowest BCUT2D eigenvalue weighted by molar-refractivity contribution is 0.139. The predicted octanol–water partition coefficient (Wildman–Crippen LogP) is 3.85. The first-order valence-corrected chi connectivity index (χ1v) is 8.07. The van der Waals surface area contributed by atoms with Gasteiger partial charge in [0, 0.05) is 11.9 Å². The number of benzene rings is 1. The Balaban J connectivity index is 1.39. The van der Waals surface area contributed by atoms with Gasteiger partial charge in [0.05, 0.1) is 26.4 Å². The Kier molecular flexibility index (Phi) is 5.95. The van der Waals surface area contributed by atoms with E-state index in [4.69, 9.17) is 9.47 Å². The van der Waals surface area contributed by atoms with Gasteiger partial charge in [-0.2, -0.15) is 0 Å². The van der Waals surface area contributed by atoms with Crippen LogP contribution in [-0.4, -0.2) is 24.8 Å². The predicted molar refractivity (Wildman–Crippen MR) is 91.8 cm³/mol. The number of nitrogens with zero attached hydrogens (tertiary/aromatic N) is 1. The summed E-state index contributed by atoms with van der Waals surface area (Å²) in [7, 11) is 0. The number of hydrogen-bond acceptors (Lipinski definition) is 3. The van der Waals surface area contributed by atoms with Crippen LogP contribution in [0.2, 0.25) is 0 Å². The van der Waals surface area contributed by atoms with Crippen LogP contribution in [-0.2, 0) is 22.5 Å². The van der Waals surface area contributed by atoms with Crippen LogP contribution in [0.4, 0.5) is 0 Å². The van der Waals surface area contributed by atoms with Crippen LogP contribution in [0.5, 0.6) is 0 Å². The molecular formula is C20H22NO2. The zero-order chi connectivity index (χ0) is 15.7. The van der Waals surface area contributed by atoms with Crippen LogP contribution in [0.25, 0.3) is 5.57 Å². The molecule has 1 aromatic carbocycles. The molecular weight excluding hydrogens is 286 g/mol. The molecule has 1 aromatic heterocycles. The number of pyridine rings is 1. The molecule has 0 amide bonds. The van der Waals surface area contributed by atoms with Crippen molar-refractivity contribution in [3.05, 3.63) is 78.0 Å². The van der Waals surface area contributed by atoms with Gasteiger partial charge in [-0.1, -0.05) is 42.5 Å². The Morgan fingerprint density at radius 1 is 1.13 bits per heavy atom. The second-order valence-corrected chi connectivity index (χ2v) is 5.59. The molecule has 0 saturated heterocycles. The number of hydrogen-bond donors (Lipinski definition) is 0. The molecule has 1 radical (unpaired) electrons. The van der Waals surface area contributed by atoms with Gasteiger partial charge in [-0.25, -0.2) is 0 Å². The lowest BCUT2D eigenvalue weighted by Gasteiger charge is -2.13. The summed E-state index contributed by atoms with van der Waals surface area (Å²) in [6.07, 6.45) is 8.03. The van der Waals surface area contributed by atoms with E-state index < -0.39 is 0 Å². The molecule has 0 bridgehead atoms. The third-order valence-electron chi connectivity index (χ3n) is 3.86. The van der Waals surface area contributed by atoms with Gasteiger partial charge < -0.3 is 9.47 Å². The van der Waals surface area contributed by atoms with Crippen LogP contribution in [0.1, 0.15) is 23.2 Å². The molecule has 0 spiro atoms. The maximum absolute atomic E-state index is 5.65. The third-order valence-corrected chi connectivity index (χ3v) is 3.86. The van der Waals surface area contributed by atoms with Gasteiger partial charge in [0.2, 0.25) is 0 Å². The fraction of sp³-hybridized carbons (Fsp3) is 0.300. The van der Waals surface area contributed by atoms with E-state index in [2.05, 4.69) is 41.7 Å². The molecule has 0 fully saturated rings. The number of aromatic nitrogens is 1. The largest absolute Gasteiger partial charge is 0.377 e. The first kappa shape index (κ1) is 15.9. The van der Waals surface area contributed by atoms with Crippen molar-refractivity contribution in [1.29, 1.82) is 0 Å². The van der Waals surface area contributed by atoms with Crippen molar-refractivity contribution < 1.29 is 9.47 Å². The maximum Gasteiger partial charge on any atom is 0.0717 e. The first-order chi connectivity index (χ1) is 11.4. The van der Waals surface area contributed by atoms with E-state index in [0.29, 0.717) is 19.8 Å². The molecule has 3 nitrogen and oxygen atoms in total. The molecule has 0 saturated carbocycles. The summed E-state index contributed by atoms with van der Waals surface area (Å²) < 4.78 is 11.0. The smallest absolute Gasteiger partial charge is 0.0717 e. The molecule has 3 heteroatoms. The minimum atomic E-state index is 0.640. The Hall–Kier alpha value is -1.97. The normalized spacial score (nSPS) is 14.5. The second kappa shape index (κ2) is 8.61. The first-order valence-electron chi connectivity index (χ1n) is 8.07. The highest BCUT2D eigenvalue weighted by molar-refractivity contribution is 5.65. The highest BCUT2D eigenvalue weighted by Gasteiger charge is 2.06. The van der Waals surface area contributed by atoms with Gasteiger partial charge >= 0.3 is 0 Å². The molecule has 23 heavy (non-hydrogen) atoms. The van der Waals surface area contributed by atoms with E-state index in [1.807, 2.05) is 24.4 Å². The molecule has 2 aromatic rings. The number of ether oxygens (including phenoxy) is 2. The van der Waals surface area contributed by atoms with Gasteiger partial charge in [0.15, 0.2) is 0 Å². The van der Waals surface area contributed by atoms with Crippen molar-refractivity contribution >= 4 is 5.57 Å². The molecule has 119 valence electrons. The summed E-state index contributed by atoms with van der Waals surface area (Å²) in [6.45, 7) is 2.81. The second-order valence-electron chi connectivity index (χ2n) is 5.59. The van der Waals surface area contributed by atoms with Crippen molar-refractivity contribution in [2.24, 2.45) is 0 Å². The van der Waals surface area contributed by atoms with Crippen molar-refractivity contribution in [2.45, 2.75) is 19.4 Å². The SMILES string of the molecule is [CH](COCc1ccccc1)Cc1ccc(C2=CCOCC2)cn1. The fourth-order valence-corrected chi connectivity index (χ4v) is 2.57. The Bertz CT molecular complexity index is 620. The van der Waals surface area contributed by atoms with Crippen LogP contribution < -0.4 is 0 Å². The average molecular weight is 308 g/mol. The van der Waals surface area contributed by atoms with E-state index >= 15 is 0 Å². The van der Waals surface area contributed by atoms with Gasteiger partial charge in [-0.05, 0) is 42.0 Å². The summed E-state index contributed by atoms with van der Waals surface area (Å²) in [5.74, 6) is 0. The van der Waals surface area contributed by atoms with E-state index in [-0.39, 0.29) is 0 Å². The number of rotatable bonds is 7. The molecule has 2 heterocycles. The maximum atomic E-state index is 5.65. The average Bonchev–Trinajstić information content (AvgIpc) is 2.64. The van der Waals surface area contributed by atoms with Crippen LogP contribution in [0, 0.1) is 6.42 Å². The molecule has 0 unspecified atom stereocenters. The van der Waals surface area contributed by atoms with Gasteiger partial charge in [-0.3, -0.25) is 4.98 Å². The minimum Gasteiger partial charge on any atom is -0.377 e. The summed E-state index contributed by atoms with van der Waals surface area (Å²) >= 11 is 0. The highest BCUT2D eigenvalue weighted by atomic mass is 16.5. The topological polar surface area (TPSA) is 31.4 Å². The summed E-state index contributed by atoms with van der Waals surface area (Å²) in [4.78, 5) is 4.54. The van der Waals surface area contributed by atoms with Crippen LogP contribution in [0.3, 0.4) is 0 Å². The van der Waals surface area contributed by atoms with Gasteiger partial charge in [0.1, 0.15) is 0 Å². The van der Waals surface area contributed by atoms with Gasteiger partial charge in [0.25, 0.3) is 0 Å². The van der Waals surface area contributed by atoms with E-state index in [9.17, 15) is 0 Å². The quantitative estimate of drug-likeness (QED) is 0.728. The standard InChI is InChI=1S/C20H22NO2/c1-2-5-17(6-3-1)16-23-12-4-7-20-9-8-19(15-21-20)18-10-13-22-14-11-18/h1-6,8-10,15H,7,11-14,16H2. The highest BCUT2D eigenvalue weighted by Crippen LogP contribution is 2.20. The molecule has 3 rings (SSSR count). The molecule has 0 N–H and O–H groups in total.